The molecule has 2 aromatic rings. The molecule has 2 heteroatoms. The molecule has 0 aliphatic heterocycles. The van der Waals surface area contributed by atoms with E-state index in [2.05, 4.69) is 37.8 Å². The summed E-state index contributed by atoms with van der Waals surface area (Å²) >= 11 is 1.75. The normalized spacial score (nSPS) is 15.7. The second kappa shape index (κ2) is 4.62. The van der Waals surface area contributed by atoms with E-state index in [0.717, 1.165) is 23.4 Å². The van der Waals surface area contributed by atoms with Gasteiger partial charge in [-0.25, -0.2) is 4.98 Å². The minimum atomic E-state index is 1.06. The molecule has 0 N–H and O–H groups in total. The maximum atomic E-state index is 4.70. The van der Waals surface area contributed by atoms with Crippen LogP contribution in [0.25, 0.3) is 10.9 Å². The monoisotopic (exact) mass is 253 g/mol. The smallest absolute Gasteiger partial charge is 0.101 e. The van der Waals surface area contributed by atoms with Crippen LogP contribution in [0.4, 0.5) is 0 Å². The second-order valence-electron chi connectivity index (χ2n) is 4.66. The van der Waals surface area contributed by atoms with Crippen LogP contribution in [0, 0.1) is 0 Å². The predicted octanol–water partition coefficient (Wildman–Crippen LogP) is 4.95. The molecule has 0 saturated heterocycles. The maximum Gasteiger partial charge on any atom is 0.101 e. The van der Waals surface area contributed by atoms with Crippen molar-refractivity contribution in [2.24, 2.45) is 0 Å². The largest absolute Gasteiger partial charge is 0.241 e. The van der Waals surface area contributed by atoms with Crippen molar-refractivity contribution in [1.29, 1.82) is 0 Å². The summed E-state index contributed by atoms with van der Waals surface area (Å²) in [5.74, 6) is 0. The van der Waals surface area contributed by atoms with Crippen LogP contribution in [0.15, 0.2) is 64.1 Å². The summed E-state index contributed by atoms with van der Waals surface area (Å²) < 4.78 is 0. The first-order valence-corrected chi connectivity index (χ1v) is 6.97. The fourth-order valence-electron chi connectivity index (χ4n) is 2.24. The van der Waals surface area contributed by atoms with Crippen molar-refractivity contribution in [3.8, 4) is 0 Å². The molecule has 0 radical (unpaired) electrons. The first-order chi connectivity index (χ1) is 8.74. The van der Waals surface area contributed by atoms with Crippen LogP contribution in [0.2, 0.25) is 0 Å². The van der Waals surface area contributed by atoms with E-state index in [1.165, 1.54) is 21.4 Å². The minimum Gasteiger partial charge on any atom is -0.241 e. The van der Waals surface area contributed by atoms with Gasteiger partial charge in [0.25, 0.3) is 0 Å². The highest BCUT2D eigenvalue weighted by Crippen LogP contribution is 2.40. The maximum absolute atomic E-state index is 4.70. The average Bonchev–Trinajstić information content (AvgIpc) is 2.70. The van der Waals surface area contributed by atoms with E-state index in [0.29, 0.717) is 0 Å². The van der Waals surface area contributed by atoms with Gasteiger partial charge in [0.05, 0.1) is 5.52 Å². The Bertz CT molecular complexity index is 655. The number of para-hydroxylation sites is 1. The summed E-state index contributed by atoms with van der Waals surface area (Å²) in [6, 6.07) is 12.5. The van der Waals surface area contributed by atoms with E-state index in [9.17, 15) is 0 Å². The van der Waals surface area contributed by atoms with Gasteiger partial charge in [-0.05, 0) is 37.5 Å². The second-order valence-corrected chi connectivity index (χ2v) is 5.69. The highest BCUT2D eigenvalue weighted by Gasteiger charge is 2.16. The van der Waals surface area contributed by atoms with E-state index in [1.54, 1.807) is 11.8 Å². The van der Waals surface area contributed by atoms with Crippen LogP contribution in [0.3, 0.4) is 0 Å². The molecule has 0 amide bonds. The van der Waals surface area contributed by atoms with Gasteiger partial charge >= 0.3 is 0 Å². The summed E-state index contributed by atoms with van der Waals surface area (Å²) in [6.07, 6.45) is 2.25. The number of thioether (sulfide) groups is 1. The van der Waals surface area contributed by atoms with Crippen LogP contribution in [0.5, 0.6) is 0 Å². The quantitative estimate of drug-likeness (QED) is 0.751. The lowest BCUT2D eigenvalue weighted by molar-refractivity contribution is 1.01. The third-order valence-electron chi connectivity index (χ3n) is 3.29. The van der Waals surface area contributed by atoms with Crippen LogP contribution in [-0.2, 0) is 0 Å². The number of allylic oxidation sites excluding steroid dienone is 2. The zero-order valence-electron chi connectivity index (χ0n) is 10.4. The number of hydrogen-bond acceptors (Lipinski definition) is 2. The number of hydrogen-bond donors (Lipinski definition) is 0. The van der Waals surface area contributed by atoms with Crippen LogP contribution in [-0.4, -0.2) is 4.98 Å². The van der Waals surface area contributed by atoms with Crippen LogP contribution >= 0.6 is 11.8 Å². The first-order valence-electron chi connectivity index (χ1n) is 6.15. The van der Waals surface area contributed by atoms with Crippen molar-refractivity contribution in [2.75, 3.05) is 0 Å². The van der Waals surface area contributed by atoms with Crippen molar-refractivity contribution in [1.82, 2.24) is 4.98 Å². The Labute approximate surface area is 112 Å². The zero-order chi connectivity index (χ0) is 12.5. The van der Waals surface area contributed by atoms with Crippen molar-refractivity contribution >= 4 is 22.7 Å². The van der Waals surface area contributed by atoms with Gasteiger partial charge in [0.1, 0.15) is 5.03 Å². The lowest BCUT2D eigenvalue weighted by Gasteiger charge is -2.06. The molecule has 0 spiro atoms. The Balaban J connectivity index is 1.96. The summed E-state index contributed by atoms with van der Waals surface area (Å²) in [7, 11) is 0. The van der Waals surface area contributed by atoms with Gasteiger partial charge in [-0.15, -0.1) is 0 Å². The number of nitrogens with zero attached hydrogens (tertiary/aromatic N) is 1. The average molecular weight is 253 g/mol. The first kappa shape index (κ1) is 11.5. The molecule has 0 saturated carbocycles. The molecule has 1 heterocycles. The number of benzene rings is 1. The van der Waals surface area contributed by atoms with Crippen LogP contribution in [0.1, 0.15) is 19.8 Å². The van der Waals surface area contributed by atoms with E-state index >= 15 is 0 Å². The topological polar surface area (TPSA) is 12.9 Å². The number of aromatic nitrogens is 1. The molecule has 0 fully saturated rings. The molecule has 0 unspecified atom stereocenters. The molecule has 1 aromatic carbocycles. The van der Waals surface area contributed by atoms with Gasteiger partial charge in [0, 0.05) is 10.3 Å². The number of fused-ring (bicyclic) bond motifs is 1. The molecule has 1 aliphatic rings. The van der Waals surface area contributed by atoms with Gasteiger partial charge in [-0.2, -0.15) is 0 Å². The zero-order valence-corrected chi connectivity index (χ0v) is 11.3. The molecule has 3 rings (SSSR count). The fourth-order valence-corrected chi connectivity index (χ4v) is 3.25. The minimum absolute atomic E-state index is 1.06. The van der Waals surface area contributed by atoms with Crippen molar-refractivity contribution in [3.05, 3.63) is 59.0 Å². The lowest BCUT2D eigenvalue weighted by atomic mass is 10.2. The summed E-state index contributed by atoms with van der Waals surface area (Å²) in [5.41, 5.74) is 3.76. The number of rotatable bonds is 2. The molecule has 0 atom stereocenters. The van der Waals surface area contributed by atoms with E-state index < -0.39 is 0 Å². The Hall–Kier alpha value is -1.54. The lowest BCUT2D eigenvalue weighted by Crippen LogP contribution is -1.84. The highest BCUT2D eigenvalue weighted by molar-refractivity contribution is 8.03. The van der Waals surface area contributed by atoms with Gasteiger partial charge in [-0.1, -0.05) is 48.2 Å². The molecule has 0 bridgehead atoms. The molecule has 1 aromatic heterocycles. The molecular weight excluding hydrogens is 238 g/mol. The van der Waals surface area contributed by atoms with E-state index in [4.69, 9.17) is 4.98 Å². The van der Waals surface area contributed by atoms with Crippen LogP contribution < -0.4 is 0 Å². The van der Waals surface area contributed by atoms with Crippen molar-refractivity contribution in [3.63, 3.8) is 0 Å². The predicted molar refractivity (Wildman–Crippen MR) is 78.7 cm³/mol. The van der Waals surface area contributed by atoms with Crippen molar-refractivity contribution < 1.29 is 0 Å². The molecule has 18 heavy (non-hydrogen) atoms. The van der Waals surface area contributed by atoms with E-state index in [-0.39, 0.29) is 0 Å². The summed E-state index contributed by atoms with van der Waals surface area (Å²) in [5, 5.41) is 2.25. The molecular formula is C16H15NS. The van der Waals surface area contributed by atoms with Gasteiger partial charge < -0.3 is 0 Å². The Morgan fingerprint density at radius 3 is 2.72 bits per heavy atom. The molecule has 1 aliphatic carbocycles. The fraction of sp³-hybridized carbons (Fsp3) is 0.188. The molecule has 1 nitrogen and oxygen atoms in total. The Morgan fingerprint density at radius 2 is 1.94 bits per heavy atom. The molecule has 90 valence electrons. The van der Waals surface area contributed by atoms with Gasteiger partial charge in [-0.3, -0.25) is 0 Å². The third kappa shape index (κ3) is 2.08. The Morgan fingerprint density at radius 1 is 1.11 bits per heavy atom. The SMILES string of the molecule is C=C1CCC(C)=C1Sc1ccc2ccccc2n1. The number of pyridine rings is 1. The third-order valence-corrected chi connectivity index (χ3v) is 4.57. The Kier molecular flexibility index (Phi) is 2.96. The van der Waals surface area contributed by atoms with Crippen molar-refractivity contribution in [2.45, 2.75) is 24.8 Å². The van der Waals surface area contributed by atoms with Gasteiger partial charge in [0.2, 0.25) is 0 Å². The highest BCUT2D eigenvalue weighted by atomic mass is 32.2. The summed E-state index contributed by atoms with van der Waals surface area (Å²) in [6.45, 7) is 6.33. The summed E-state index contributed by atoms with van der Waals surface area (Å²) in [4.78, 5) is 6.03. The van der Waals surface area contributed by atoms with E-state index in [1.807, 2.05) is 12.1 Å². The standard InChI is InChI=1S/C16H15NS/c1-11-7-8-12(2)16(11)18-15-10-9-13-5-3-4-6-14(13)17-15/h3-6,9-10H,1,7-8H2,2H3. The van der Waals surface area contributed by atoms with Gasteiger partial charge in [0.15, 0.2) is 0 Å².